The molecule has 2 N–H and O–H groups in total. The molecule has 3 nitrogen and oxygen atoms in total. The van der Waals surface area contributed by atoms with Crippen LogP contribution in [0.3, 0.4) is 0 Å². The molecule has 0 saturated carbocycles. The predicted molar refractivity (Wildman–Crippen MR) is 64.4 cm³/mol. The van der Waals surface area contributed by atoms with E-state index >= 15 is 0 Å². The fourth-order valence-corrected chi connectivity index (χ4v) is 1.36. The summed E-state index contributed by atoms with van der Waals surface area (Å²) in [6.45, 7) is 6.50. The van der Waals surface area contributed by atoms with Crippen LogP contribution in [-0.2, 0) is 6.54 Å². The highest BCUT2D eigenvalue weighted by Crippen LogP contribution is 2.06. The summed E-state index contributed by atoms with van der Waals surface area (Å²) >= 11 is 0. The molecular weight excluding hydrogens is 186 g/mol. The summed E-state index contributed by atoms with van der Waals surface area (Å²) in [7, 11) is 2.13. The van der Waals surface area contributed by atoms with E-state index in [1.165, 1.54) is 6.42 Å². The van der Waals surface area contributed by atoms with Crippen molar-refractivity contribution in [2.24, 2.45) is 5.92 Å². The molecule has 0 aromatic carbocycles. The molecule has 0 aliphatic heterocycles. The molecular formula is C12H21N3. The SMILES string of the molecule is CC(C)CCN(C)Cc1ccc(N)cn1. The van der Waals surface area contributed by atoms with Crippen LogP contribution < -0.4 is 5.73 Å². The molecule has 1 heterocycles. The predicted octanol–water partition coefficient (Wildman–Crippen LogP) is 2.14. The Morgan fingerprint density at radius 1 is 1.40 bits per heavy atom. The second-order valence-electron chi connectivity index (χ2n) is 4.50. The molecule has 15 heavy (non-hydrogen) atoms. The molecule has 0 aliphatic carbocycles. The van der Waals surface area contributed by atoms with Gasteiger partial charge in [0.25, 0.3) is 0 Å². The van der Waals surface area contributed by atoms with E-state index in [-0.39, 0.29) is 0 Å². The normalized spacial score (nSPS) is 11.3. The van der Waals surface area contributed by atoms with E-state index in [1.807, 2.05) is 12.1 Å². The Morgan fingerprint density at radius 2 is 2.13 bits per heavy atom. The van der Waals surface area contributed by atoms with Crippen molar-refractivity contribution >= 4 is 5.69 Å². The summed E-state index contributed by atoms with van der Waals surface area (Å²) in [6, 6.07) is 3.89. The maximum absolute atomic E-state index is 5.58. The number of nitrogens with zero attached hydrogens (tertiary/aromatic N) is 2. The van der Waals surface area contributed by atoms with Crippen molar-refractivity contribution in [1.29, 1.82) is 0 Å². The molecule has 0 radical (unpaired) electrons. The fourth-order valence-electron chi connectivity index (χ4n) is 1.36. The van der Waals surface area contributed by atoms with Crippen LogP contribution in [0.5, 0.6) is 0 Å². The smallest absolute Gasteiger partial charge is 0.0545 e. The molecule has 0 aliphatic rings. The van der Waals surface area contributed by atoms with E-state index in [0.29, 0.717) is 0 Å². The number of pyridine rings is 1. The minimum absolute atomic E-state index is 0.726. The van der Waals surface area contributed by atoms with E-state index in [2.05, 4.69) is 30.8 Å². The van der Waals surface area contributed by atoms with Crippen molar-refractivity contribution in [2.45, 2.75) is 26.8 Å². The topological polar surface area (TPSA) is 42.1 Å². The van der Waals surface area contributed by atoms with Crippen molar-refractivity contribution in [3.05, 3.63) is 24.0 Å². The first-order chi connectivity index (χ1) is 7.08. The Balaban J connectivity index is 2.37. The number of hydrogen-bond acceptors (Lipinski definition) is 3. The van der Waals surface area contributed by atoms with Crippen molar-refractivity contribution in [3.8, 4) is 0 Å². The van der Waals surface area contributed by atoms with Gasteiger partial charge in [-0.05, 0) is 38.1 Å². The van der Waals surface area contributed by atoms with Gasteiger partial charge in [0.05, 0.1) is 17.6 Å². The van der Waals surface area contributed by atoms with Crippen molar-refractivity contribution < 1.29 is 0 Å². The number of nitrogen functional groups attached to an aromatic ring is 1. The summed E-state index contributed by atoms with van der Waals surface area (Å²) in [6.07, 6.45) is 2.94. The van der Waals surface area contributed by atoms with E-state index < -0.39 is 0 Å². The van der Waals surface area contributed by atoms with Crippen LogP contribution in [0.2, 0.25) is 0 Å². The van der Waals surface area contributed by atoms with Gasteiger partial charge < -0.3 is 10.6 Å². The summed E-state index contributed by atoms with van der Waals surface area (Å²) in [5.74, 6) is 0.756. The molecule has 0 amide bonds. The van der Waals surface area contributed by atoms with Gasteiger partial charge in [-0.15, -0.1) is 0 Å². The van der Waals surface area contributed by atoms with Crippen LogP contribution in [0.1, 0.15) is 26.0 Å². The van der Waals surface area contributed by atoms with Gasteiger partial charge >= 0.3 is 0 Å². The van der Waals surface area contributed by atoms with Crippen LogP contribution >= 0.6 is 0 Å². The number of hydrogen-bond donors (Lipinski definition) is 1. The standard InChI is InChI=1S/C12H21N3/c1-10(2)6-7-15(3)9-12-5-4-11(13)8-14-12/h4-5,8,10H,6-7,9,13H2,1-3H3. The van der Waals surface area contributed by atoms with Crippen LogP contribution in [0, 0.1) is 5.92 Å². The Labute approximate surface area is 92.3 Å². The van der Waals surface area contributed by atoms with Crippen molar-refractivity contribution in [1.82, 2.24) is 9.88 Å². The summed E-state index contributed by atoms with van der Waals surface area (Å²) in [4.78, 5) is 6.57. The number of rotatable bonds is 5. The first kappa shape index (κ1) is 12.0. The Morgan fingerprint density at radius 3 is 2.67 bits per heavy atom. The van der Waals surface area contributed by atoms with Gasteiger partial charge in [-0.1, -0.05) is 13.8 Å². The maximum atomic E-state index is 5.58. The maximum Gasteiger partial charge on any atom is 0.0545 e. The summed E-state index contributed by atoms with van der Waals surface area (Å²) in [5.41, 5.74) is 7.38. The number of aromatic nitrogens is 1. The lowest BCUT2D eigenvalue weighted by atomic mass is 10.1. The quantitative estimate of drug-likeness (QED) is 0.804. The zero-order valence-corrected chi connectivity index (χ0v) is 9.90. The largest absolute Gasteiger partial charge is 0.397 e. The molecule has 1 aromatic rings. The molecule has 0 bridgehead atoms. The van der Waals surface area contributed by atoms with Gasteiger partial charge in [0.15, 0.2) is 0 Å². The minimum Gasteiger partial charge on any atom is -0.397 e. The van der Waals surface area contributed by atoms with E-state index in [4.69, 9.17) is 5.73 Å². The lowest BCUT2D eigenvalue weighted by Crippen LogP contribution is -2.20. The highest BCUT2D eigenvalue weighted by molar-refractivity contribution is 5.34. The third kappa shape index (κ3) is 4.79. The zero-order valence-electron chi connectivity index (χ0n) is 9.90. The van der Waals surface area contributed by atoms with Gasteiger partial charge in [-0.2, -0.15) is 0 Å². The van der Waals surface area contributed by atoms with Crippen LogP contribution in [0.4, 0.5) is 5.69 Å². The third-order valence-corrected chi connectivity index (χ3v) is 2.37. The van der Waals surface area contributed by atoms with Crippen molar-refractivity contribution in [3.63, 3.8) is 0 Å². The molecule has 0 atom stereocenters. The molecule has 0 saturated heterocycles. The molecule has 1 aromatic heterocycles. The van der Waals surface area contributed by atoms with Crippen LogP contribution in [-0.4, -0.2) is 23.5 Å². The number of nitrogens with two attached hydrogens (primary N) is 1. The van der Waals surface area contributed by atoms with E-state index in [0.717, 1.165) is 30.4 Å². The Hall–Kier alpha value is -1.09. The Bertz CT molecular complexity index is 279. The molecule has 0 spiro atoms. The minimum atomic E-state index is 0.726. The monoisotopic (exact) mass is 207 g/mol. The summed E-state index contributed by atoms with van der Waals surface area (Å²) < 4.78 is 0. The van der Waals surface area contributed by atoms with Crippen LogP contribution in [0.15, 0.2) is 18.3 Å². The highest BCUT2D eigenvalue weighted by Gasteiger charge is 2.02. The first-order valence-electron chi connectivity index (χ1n) is 5.47. The number of anilines is 1. The van der Waals surface area contributed by atoms with E-state index in [1.54, 1.807) is 6.20 Å². The van der Waals surface area contributed by atoms with Gasteiger partial charge in [-0.3, -0.25) is 4.98 Å². The second-order valence-corrected chi connectivity index (χ2v) is 4.50. The molecule has 3 heteroatoms. The average Bonchev–Trinajstić information content (AvgIpc) is 2.19. The van der Waals surface area contributed by atoms with Gasteiger partial charge in [-0.25, -0.2) is 0 Å². The van der Waals surface area contributed by atoms with Crippen LogP contribution in [0.25, 0.3) is 0 Å². The summed E-state index contributed by atoms with van der Waals surface area (Å²) in [5, 5.41) is 0. The highest BCUT2D eigenvalue weighted by atomic mass is 15.1. The third-order valence-electron chi connectivity index (χ3n) is 2.37. The van der Waals surface area contributed by atoms with Gasteiger partial charge in [0.2, 0.25) is 0 Å². The molecule has 0 unspecified atom stereocenters. The van der Waals surface area contributed by atoms with Crippen molar-refractivity contribution in [2.75, 3.05) is 19.3 Å². The lowest BCUT2D eigenvalue weighted by Gasteiger charge is -2.17. The average molecular weight is 207 g/mol. The molecule has 84 valence electrons. The second kappa shape index (κ2) is 5.71. The van der Waals surface area contributed by atoms with E-state index in [9.17, 15) is 0 Å². The van der Waals surface area contributed by atoms with Gasteiger partial charge in [0, 0.05) is 6.54 Å². The molecule has 0 fully saturated rings. The first-order valence-corrected chi connectivity index (χ1v) is 5.47. The van der Waals surface area contributed by atoms with Gasteiger partial charge in [0.1, 0.15) is 0 Å². The Kier molecular flexibility index (Phi) is 4.56. The molecule has 1 rings (SSSR count). The fraction of sp³-hybridized carbons (Fsp3) is 0.583. The lowest BCUT2D eigenvalue weighted by molar-refractivity contribution is 0.300. The zero-order chi connectivity index (χ0) is 11.3.